The van der Waals surface area contributed by atoms with Gasteiger partial charge in [-0.25, -0.2) is 4.79 Å². The Kier molecular flexibility index (Phi) is 4.60. The Labute approximate surface area is 126 Å². The lowest BCUT2D eigenvalue weighted by Gasteiger charge is -2.04. The quantitative estimate of drug-likeness (QED) is 0.796. The molecule has 7 heteroatoms. The lowest BCUT2D eigenvalue weighted by molar-refractivity contribution is 0.0519. The summed E-state index contributed by atoms with van der Waals surface area (Å²) in [6.45, 7) is 2.03. The number of halogens is 2. The van der Waals surface area contributed by atoms with Gasteiger partial charge in [0.25, 0.3) is 6.01 Å². The summed E-state index contributed by atoms with van der Waals surface area (Å²) >= 11 is 6.78. The van der Waals surface area contributed by atoms with E-state index in [1.807, 2.05) is 18.2 Å². The van der Waals surface area contributed by atoms with Crippen LogP contribution in [0.4, 0.5) is 11.7 Å². The Hall–Kier alpha value is -1.34. The fourth-order valence-corrected chi connectivity index (χ4v) is 2.05. The Balaban J connectivity index is 2.15. The molecule has 0 fully saturated rings. The number of benzene rings is 1. The van der Waals surface area contributed by atoms with Gasteiger partial charge in [-0.05, 0) is 41.1 Å². The average Bonchev–Trinajstić information content (AvgIpc) is 2.83. The number of carbonyl (C=O) groups is 1. The summed E-state index contributed by atoms with van der Waals surface area (Å²) in [5.74, 6) is -0.507. The van der Waals surface area contributed by atoms with Gasteiger partial charge in [-0.2, -0.15) is 4.98 Å². The minimum Gasteiger partial charge on any atom is -0.461 e. The highest BCUT2D eigenvalue weighted by Crippen LogP contribution is 2.28. The first-order valence-corrected chi connectivity index (χ1v) is 7.03. The molecule has 5 nitrogen and oxygen atoms in total. The summed E-state index contributed by atoms with van der Waals surface area (Å²) in [4.78, 5) is 15.4. The molecule has 0 saturated heterocycles. The monoisotopic (exact) mass is 388 g/mol. The van der Waals surface area contributed by atoms with E-state index in [1.165, 1.54) is 6.26 Å². The molecule has 0 saturated carbocycles. The third-order valence-corrected chi connectivity index (χ3v) is 3.34. The van der Waals surface area contributed by atoms with Crippen LogP contribution in [0.2, 0.25) is 0 Å². The van der Waals surface area contributed by atoms with Crippen LogP contribution < -0.4 is 5.32 Å². The number of rotatable bonds is 4. The summed E-state index contributed by atoms with van der Waals surface area (Å²) in [6.07, 6.45) is 1.26. The largest absolute Gasteiger partial charge is 0.461 e. The van der Waals surface area contributed by atoms with Gasteiger partial charge in [0.15, 0.2) is 5.69 Å². The zero-order chi connectivity index (χ0) is 13.8. The second-order valence-electron chi connectivity index (χ2n) is 3.51. The molecule has 0 aliphatic rings. The van der Waals surface area contributed by atoms with Gasteiger partial charge in [0, 0.05) is 8.95 Å². The van der Waals surface area contributed by atoms with Crippen molar-refractivity contribution in [3.63, 3.8) is 0 Å². The number of anilines is 2. The highest BCUT2D eigenvalue weighted by Gasteiger charge is 2.13. The lowest BCUT2D eigenvalue weighted by atomic mass is 10.3. The van der Waals surface area contributed by atoms with E-state index in [1.54, 1.807) is 6.92 Å². The van der Waals surface area contributed by atoms with Crippen molar-refractivity contribution >= 4 is 49.5 Å². The summed E-state index contributed by atoms with van der Waals surface area (Å²) in [5, 5.41) is 2.97. The Bertz CT molecular complexity index is 598. The van der Waals surface area contributed by atoms with Gasteiger partial charge in [-0.1, -0.05) is 15.9 Å². The van der Waals surface area contributed by atoms with Gasteiger partial charge < -0.3 is 14.5 Å². The fourth-order valence-electron chi connectivity index (χ4n) is 1.34. The van der Waals surface area contributed by atoms with Gasteiger partial charge >= 0.3 is 5.97 Å². The summed E-state index contributed by atoms with van der Waals surface area (Å²) in [5.41, 5.74) is 0.905. The molecule has 1 heterocycles. The Morgan fingerprint density at radius 2 is 2.26 bits per heavy atom. The Morgan fingerprint density at radius 1 is 1.47 bits per heavy atom. The SMILES string of the molecule is CCOC(=O)c1coc(Nc2cc(Br)ccc2Br)n1. The second kappa shape index (κ2) is 6.21. The number of aromatic nitrogens is 1. The van der Waals surface area contributed by atoms with Gasteiger partial charge in [-0.15, -0.1) is 0 Å². The van der Waals surface area contributed by atoms with E-state index >= 15 is 0 Å². The highest BCUT2D eigenvalue weighted by atomic mass is 79.9. The second-order valence-corrected chi connectivity index (χ2v) is 5.28. The van der Waals surface area contributed by atoms with Crippen molar-refractivity contribution in [3.8, 4) is 0 Å². The number of nitrogens with zero attached hydrogens (tertiary/aromatic N) is 1. The summed E-state index contributed by atoms with van der Waals surface area (Å²) < 4.78 is 11.8. The molecule has 0 amide bonds. The molecule has 2 aromatic rings. The number of carbonyl (C=O) groups excluding carboxylic acids is 1. The number of hydrogen-bond acceptors (Lipinski definition) is 5. The molecule has 2 rings (SSSR count). The highest BCUT2D eigenvalue weighted by molar-refractivity contribution is 9.11. The van der Waals surface area contributed by atoms with E-state index in [9.17, 15) is 4.79 Å². The molecular formula is C12H10Br2N2O3. The molecule has 100 valence electrons. The maximum atomic E-state index is 11.4. The number of hydrogen-bond donors (Lipinski definition) is 1. The smallest absolute Gasteiger partial charge is 0.360 e. The minimum atomic E-state index is -0.507. The van der Waals surface area contributed by atoms with Crippen LogP contribution in [0.15, 0.2) is 37.8 Å². The molecule has 0 unspecified atom stereocenters. The number of oxazole rings is 1. The average molecular weight is 390 g/mol. The predicted molar refractivity (Wildman–Crippen MR) is 77.6 cm³/mol. The fraction of sp³-hybridized carbons (Fsp3) is 0.167. The van der Waals surface area contributed by atoms with Crippen molar-refractivity contribution in [2.24, 2.45) is 0 Å². The molecule has 1 aromatic carbocycles. The number of ether oxygens (including phenoxy) is 1. The van der Waals surface area contributed by atoms with Crippen molar-refractivity contribution < 1.29 is 13.9 Å². The summed E-state index contributed by atoms with van der Waals surface area (Å²) in [7, 11) is 0. The van der Waals surface area contributed by atoms with Gasteiger partial charge in [0.1, 0.15) is 6.26 Å². The van der Waals surface area contributed by atoms with E-state index in [0.717, 1.165) is 14.6 Å². The predicted octanol–water partition coefficient (Wildman–Crippen LogP) is 4.12. The third kappa shape index (κ3) is 3.57. The van der Waals surface area contributed by atoms with Gasteiger partial charge in [-0.3, -0.25) is 0 Å². The first-order chi connectivity index (χ1) is 9.10. The van der Waals surface area contributed by atoms with Crippen LogP contribution in [-0.4, -0.2) is 17.6 Å². The van der Waals surface area contributed by atoms with Crippen molar-refractivity contribution in [1.82, 2.24) is 4.98 Å². The standard InChI is InChI=1S/C12H10Br2N2O3/c1-2-18-11(17)10-6-19-12(16-10)15-9-5-7(13)3-4-8(9)14/h3-6H,2H2,1H3,(H,15,16). The molecule has 0 aliphatic carbocycles. The topological polar surface area (TPSA) is 64.4 Å². The molecule has 1 N–H and O–H groups in total. The Morgan fingerprint density at radius 3 is 3.00 bits per heavy atom. The van der Waals surface area contributed by atoms with Crippen LogP contribution >= 0.6 is 31.9 Å². The number of esters is 1. The normalized spacial score (nSPS) is 10.3. The van der Waals surface area contributed by atoms with Crippen LogP contribution in [0, 0.1) is 0 Å². The van der Waals surface area contributed by atoms with E-state index < -0.39 is 5.97 Å². The number of nitrogens with one attached hydrogen (secondary N) is 1. The zero-order valence-corrected chi connectivity index (χ0v) is 13.1. The van der Waals surface area contributed by atoms with Gasteiger partial charge in [0.05, 0.1) is 12.3 Å². The van der Waals surface area contributed by atoms with E-state index in [2.05, 4.69) is 42.2 Å². The molecule has 0 radical (unpaired) electrons. The van der Waals surface area contributed by atoms with Crippen molar-refractivity contribution in [3.05, 3.63) is 39.1 Å². The molecule has 19 heavy (non-hydrogen) atoms. The van der Waals surface area contributed by atoms with Crippen LogP contribution in [-0.2, 0) is 4.74 Å². The van der Waals surface area contributed by atoms with Crippen LogP contribution in [0.3, 0.4) is 0 Å². The maximum Gasteiger partial charge on any atom is 0.360 e. The summed E-state index contributed by atoms with van der Waals surface area (Å²) in [6, 6.07) is 5.86. The van der Waals surface area contributed by atoms with Crippen LogP contribution in [0.25, 0.3) is 0 Å². The van der Waals surface area contributed by atoms with Crippen molar-refractivity contribution in [1.29, 1.82) is 0 Å². The zero-order valence-electron chi connectivity index (χ0n) is 9.94. The first kappa shape index (κ1) is 14.1. The third-order valence-electron chi connectivity index (χ3n) is 2.16. The van der Waals surface area contributed by atoms with Crippen LogP contribution in [0.1, 0.15) is 17.4 Å². The van der Waals surface area contributed by atoms with Crippen molar-refractivity contribution in [2.75, 3.05) is 11.9 Å². The van der Waals surface area contributed by atoms with Crippen LogP contribution in [0.5, 0.6) is 0 Å². The first-order valence-electron chi connectivity index (χ1n) is 5.45. The minimum absolute atomic E-state index is 0.135. The van der Waals surface area contributed by atoms with Crippen molar-refractivity contribution in [2.45, 2.75) is 6.92 Å². The molecule has 0 spiro atoms. The molecule has 0 bridgehead atoms. The molecule has 0 aliphatic heterocycles. The van der Waals surface area contributed by atoms with E-state index in [-0.39, 0.29) is 11.7 Å². The molecule has 0 atom stereocenters. The lowest BCUT2D eigenvalue weighted by Crippen LogP contribution is -2.05. The molecular weight excluding hydrogens is 380 g/mol. The van der Waals surface area contributed by atoms with E-state index in [4.69, 9.17) is 9.15 Å². The van der Waals surface area contributed by atoms with E-state index in [0.29, 0.717) is 6.61 Å². The van der Waals surface area contributed by atoms with Gasteiger partial charge in [0.2, 0.25) is 0 Å². The molecule has 1 aromatic heterocycles. The maximum absolute atomic E-state index is 11.4.